The Hall–Kier alpha value is -1.20. The maximum atomic E-state index is 5.83. The van der Waals surface area contributed by atoms with E-state index >= 15 is 0 Å². The smallest absolute Gasteiger partial charge is 0.316 e. The number of ether oxygens (including phenoxy) is 1. The highest BCUT2D eigenvalue weighted by Gasteiger charge is 2.22. The maximum Gasteiger partial charge on any atom is 0.316 e. The minimum Gasteiger partial charge on any atom is -0.467 e. The Morgan fingerprint density at radius 2 is 2.00 bits per heavy atom. The van der Waals surface area contributed by atoms with E-state index in [0.717, 1.165) is 18.7 Å². The van der Waals surface area contributed by atoms with Gasteiger partial charge in [0.05, 0.1) is 13.2 Å². The second kappa shape index (κ2) is 5.23. The van der Waals surface area contributed by atoms with Crippen LogP contribution in [0.25, 0.3) is 0 Å². The van der Waals surface area contributed by atoms with Crippen LogP contribution in [-0.2, 0) is 0 Å². The van der Waals surface area contributed by atoms with Crippen LogP contribution < -0.4 is 10.5 Å². The Labute approximate surface area is 95.6 Å². The van der Waals surface area contributed by atoms with Crippen LogP contribution in [-0.4, -0.2) is 41.6 Å². The van der Waals surface area contributed by atoms with Gasteiger partial charge >= 0.3 is 6.01 Å². The summed E-state index contributed by atoms with van der Waals surface area (Å²) < 4.78 is 4.94. The molecular formula is C11H18N4O. The third-order valence-electron chi connectivity index (χ3n) is 3.02. The molecule has 1 fully saturated rings. The van der Waals surface area contributed by atoms with E-state index in [4.69, 9.17) is 10.5 Å². The lowest BCUT2D eigenvalue weighted by molar-refractivity contribution is 0.250. The summed E-state index contributed by atoms with van der Waals surface area (Å²) in [6, 6.07) is 0.648. The zero-order valence-electron chi connectivity index (χ0n) is 9.59. The van der Waals surface area contributed by atoms with E-state index in [2.05, 4.69) is 14.9 Å². The lowest BCUT2D eigenvalue weighted by atomic mass is 10.1. The van der Waals surface area contributed by atoms with Crippen LogP contribution in [0.15, 0.2) is 12.4 Å². The fourth-order valence-electron chi connectivity index (χ4n) is 2.15. The lowest BCUT2D eigenvalue weighted by Gasteiger charge is -2.25. The predicted molar refractivity (Wildman–Crippen MR) is 61.2 cm³/mol. The molecule has 16 heavy (non-hydrogen) atoms. The highest BCUT2D eigenvalue weighted by molar-refractivity contribution is 5.13. The zero-order valence-corrected chi connectivity index (χ0v) is 9.59. The van der Waals surface area contributed by atoms with Crippen molar-refractivity contribution < 1.29 is 4.74 Å². The molecule has 0 aromatic carbocycles. The van der Waals surface area contributed by atoms with Crippen molar-refractivity contribution in [2.45, 2.75) is 18.9 Å². The van der Waals surface area contributed by atoms with Gasteiger partial charge in [-0.15, -0.1) is 0 Å². The average molecular weight is 222 g/mol. The fraction of sp³-hybridized carbons (Fsp3) is 0.636. The Bertz CT molecular complexity index is 321. The lowest BCUT2D eigenvalue weighted by Crippen LogP contribution is -2.31. The molecule has 1 atom stereocenters. The van der Waals surface area contributed by atoms with Crippen molar-refractivity contribution in [1.82, 2.24) is 14.9 Å². The van der Waals surface area contributed by atoms with Crippen molar-refractivity contribution in [2.75, 3.05) is 26.7 Å². The molecule has 0 saturated carbocycles. The van der Waals surface area contributed by atoms with Crippen LogP contribution >= 0.6 is 0 Å². The summed E-state index contributed by atoms with van der Waals surface area (Å²) in [6.07, 6.45) is 6.13. The predicted octanol–water partition coefficient (Wildman–Crippen LogP) is 0.581. The number of hydrogen-bond acceptors (Lipinski definition) is 5. The van der Waals surface area contributed by atoms with Crippen LogP contribution in [0.4, 0.5) is 0 Å². The van der Waals surface area contributed by atoms with E-state index in [1.54, 1.807) is 7.11 Å². The number of nitrogens with zero attached hydrogens (tertiary/aromatic N) is 3. The van der Waals surface area contributed by atoms with E-state index in [1.807, 2.05) is 12.4 Å². The molecule has 5 nitrogen and oxygen atoms in total. The van der Waals surface area contributed by atoms with Crippen LogP contribution in [0, 0.1) is 0 Å². The molecule has 1 saturated heterocycles. The summed E-state index contributed by atoms with van der Waals surface area (Å²) in [7, 11) is 1.57. The van der Waals surface area contributed by atoms with Gasteiger partial charge in [0, 0.05) is 24.5 Å². The second-order valence-corrected chi connectivity index (χ2v) is 4.00. The molecule has 88 valence electrons. The van der Waals surface area contributed by atoms with E-state index in [-0.39, 0.29) is 6.04 Å². The first-order valence-electron chi connectivity index (χ1n) is 5.65. The Morgan fingerprint density at radius 3 is 2.50 bits per heavy atom. The van der Waals surface area contributed by atoms with Gasteiger partial charge in [-0.2, -0.15) is 0 Å². The molecule has 1 aliphatic rings. The van der Waals surface area contributed by atoms with E-state index in [0.29, 0.717) is 12.6 Å². The summed E-state index contributed by atoms with van der Waals surface area (Å²) in [5, 5.41) is 0. The molecule has 0 amide bonds. The molecule has 2 heterocycles. The number of aromatic nitrogens is 2. The number of methoxy groups -OCH3 is 1. The standard InChI is InChI=1S/C11H18N4O/c1-16-11-13-7-9(8-14-11)10(6-12)15-4-2-3-5-15/h7-8,10H,2-6,12H2,1H3/t10-/m1/s1. The van der Waals surface area contributed by atoms with Gasteiger partial charge in [0.15, 0.2) is 0 Å². The molecular weight excluding hydrogens is 204 g/mol. The van der Waals surface area contributed by atoms with Crippen molar-refractivity contribution >= 4 is 0 Å². The maximum absolute atomic E-state index is 5.83. The normalized spacial score (nSPS) is 18.6. The van der Waals surface area contributed by atoms with Gasteiger partial charge in [-0.3, -0.25) is 4.90 Å². The Morgan fingerprint density at radius 1 is 1.38 bits per heavy atom. The minimum absolute atomic E-state index is 0.244. The van der Waals surface area contributed by atoms with Gasteiger partial charge in [-0.25, -0.2) is 9.97 Å². The summed E-state index contributed by atoms with van der Waals surface area (Å²) in [4.78, 5) is 10.6. The molecule has 0 unspecified atom stereocenters. The van der Waals surface area contributed by atoms with Gasteiger partial charge in [-0.1, -0.05) is 0 Å². The molecule has 0 radical (unpaired) electrons. The largest absolute Gasteiger partial charge is 0.467 e. The zero-order chi connectivity index (χ0) is 11.4. The summed E-state index contributed by atoms with van der Waals surface area (Å²) in [5.74, 6) is 0. The Balaban J connectivity index is 2.12. The quantitative estimate of drug-likeness (QED) is 0.807. The molecule has 5 heteroatoms. The van der Waals surface area contributed by atoms with Crippen molar-refractivity contribution in [2.24, 2.45) is 5.73 Å². The van der Waals surface area contributed by atoms with E-state index in [9.17, 15) is 0 Å². The fourth-order valence-corrected chi connectivity index (χ4v) is 2.15. The number of hydrogen-bond donors (Lipinski definition) is 1. The molecule has 0 bridgehead atoms. The van der Waals surface area contributed by atoms with Crippen LogP contribution in [0.2, 0.25) is 0 Å². The molecule has 0 aliphatic carbocycles. The van der Waals surface area contributed by atoms with Gasteiger partial charge in [-0.05, 0) is 25.9 Å². The monoisotopic (exact) mass is 222 g/mol. The second-order valence-electron chi connectivity index (χ2n) is 4.00. The van der Waals surface area contributed by atoms with E-state index in [1.165, 1.54) is 12.8 Å². The summed E-state index contributed by atoms with van der Waals surface area (Å²) >= 11 is 0. The minimum atomic E-state index is 0.244. The average Bonchev–Trinajstić information content (AvgIpc) is 2.85. The van der Waals surface area contributed by atoms with Crippen LogP contribution in [0.5, 0.6) is 6.01 Å². The molecule has 1 aromatic heterocycles. The molecule has 2 N–H and O–H groups in total. The number of likely N-dealkylation sites (tertiary alicyclic amines) is 1. The van der Waals surface area contributed by atoms with Gasteiger partial charge in [0.25, 0.3) is 0 Å². The third kappa shape index (κ3) is 2.31. The molecule has 2 rings (SSSR count). The van der Waals surface area contributed by atoms with Crippen molar-refractivity contribution in [3.05, 3.63) is 18.0 Å². The molecule has 1 aliphatic heterocycles. The highest BCUT2D eigenvalue weighted by Crippen LogP contribution is 2.23. The molecule has 1 aromatic rings. The van der Waals surface area contributed by atoms with Crippen LogP contribution in [0.1, 0.15) is 24.4 Å². The summed E-state index contributed by atoms with van der Waals surface area (Å²) in [6.45, 7) is 2.84. The first kappa shape index (κ1) is 11.3. The molecule has 0 spiro atoms. The van der Waals surface area contributed by atoms with Crippen LogP contribution in [0.3, 0.4) is 0 Å². The number of nitrogens with two attached hydrogens (primary N) is 1. The topological polar surface area (TPSA) is 64.3 Å². The first-order chi connectivity index (χ1) is 7.85. The van der Waals surface area contributed by atoms with Gasteiger partial charge < -0.3 is 10.5 Å². The highest BCUT2D eigenvalue weighted by atomic mass is 16.5. The SMILES string of the molecule is COc1ncc([C@@H](CN)N2CCCC2)cn1. The number of rotatable bonds is 4. The summed E-state index contributed by atoms with van der Waals surface area (Å²) in [5.41, 5.74) is 6.90. The first-order valence-corrected chi connectivity index (χ1v) is 5.65. The van der Waals surface area contributed by atoms with Gasteiger partial charge in [0.1, 0.15) is 0 Å². The van der Waals surface area contributed by atoms with Crippen molar-refractivity contribution in [3.8, 4) is 6.01 Å². The van der Waals surface area contributed by atoms with E-state index < -0.39 is 0 Å². The third-order valence-corrected chi connectivity index (χ3v) is 3.02. The Kier molecular flexibility index (Phi) is 3.69. The van der Waals surface area contributed by atoms with Crippen molar-refractivity contribution in [1.29, 1.82) is 0 Å². The van der Waals surface area contributed by atoms with Crippen molar-refractivity contribution in [3.63, 3.8) is 0 Å². The van der Waals surface area contributed by atoms with Gasteiger partial charge in [0.2, 0.25) is 0 Å².